The number of nitrogens with zero attached hydrogens (tertiary/aromatic N) is 1. The third kappa shape index (κ3) is 3.97. The summed E-state index contributed by atoms with van der Waals surface area (Å²) in [5.41, 5.74) is 0. The smallest absolute Gasteiger partial charge is 0.308 e. The topological polar surface area (TPSA) is 66.8 Å². The Labute approximate surface area is 132 Å². The molecule has 1 fully saturated rings. The van der Waals surface area contributed by atoms with Crippen molar-refractivity contribution in [2.75, 3.05) is 13.2 Å². The van der Waals surface area contributed by atoms with Crippen molar-refractivity contribution in [3.05, 3.63) is 28.7 Å². The number of carboxylic acid groups (broad SMARTS) is 1. The molecule has 1 aliphatic rings. The van der Waals surface area contributed by atoms with Crippen LogP contribution in [0.25, 0.3) is 0 Å². The molecular weight excluding hydrogens is 338 g/mol. The van der Waals surface area contributed by atoms with Gasteiger partial charge in [-0.15, -0.1) is 0 Å². The molecule has 1 aromatic rings. The second-order valence-corrected chi connectivity index (χ2v) is 6.08. The molecular formula is C15H18BrNO4. The van der Waals surface area contributed by atoms with E-state index in [0.717, 1.165) is 4.47 Å². The number of aliphatic carboxylic acids is 1. The zero-order chi connectivity index (χ0) is 15.4. The van der Waals surface area contributed by atoms with Gasteiger partial charge in [-0.3, -0.25) is 9.59 Å². The highest BCUT2D eigenvalue weighted by atomic mass is 79.9. The summed E-state index contributed by atoms with van der Waals surface area (Å²) in [6, 6.07) is 7.36. The van der Waals surface area contributed by atoms with Crippen molar-refractivity contribution < 1.29 is 19.4 Å². The summed E-state index contributed by atoms with van der Waals surface area (Å²) in [7, 11) is 0. The van der Waals surface area contributed by atoms with Crippen LogP contribution in [0.2, 0.25) is 0 Å². The number of carboxylic acids is 1. The van der Waals surface area contributed by atoms with Gasteiger partial charge in [0.15, 0.2) is 6.61 Å². The molecule has 0 radical (unpaired) electrons. The molecule has 114 valence electrons. The van der Waals surface area contributed by atoms with Crippen LogP contribution in [-0.2, 0) is 9.59 Å². The molecule has 1 N–H and O–H groups in total. The van der Waals surface area contributed by atoms with Gasteiger partial charge in [0.25, 0.3) is 5.91 Å². The van der Waals surface area contributed by atoms with E-state index in [-0.39, 0.29) is 25.1 Å². The molecule has 1 aliphatic heterocycles. The first-order valence-corrected chi connectivity index (χ1v) is 7.68. The van der Waals surface area contributed by atoms with Crippen molar-refractivity contribution in [3.8, 4) is 5.75 Å². The molecule has 1 saturated heterocycles. The van der Waals surface area contributed by atoms with Gasteiger partial charge in [0.1, 0.15) is 5.75 Å². The Morgan fingerprint density at radius 3 is 2.76 bits per heavy atom. The zero-order valence-corrected chi connectivity index (χ0v) is 13.4. The van der Waals surface area contributed by atoms with Gasteiger partial charge in [-0.05, 0) is 47.8 Å². The lowest BCUT2D eigenvalue weighted by Gasteiger charge is -2.36. The molecule has 0 bridgehead atoms. The van der Waals surface area contributed by atoms with Crippen molar-refractivity contribution in [3.63, 3.8) is 0 Å². The Bertz CT molecular complexity index is 534. The molecule has 1 aromatic carbocycles. The van der Waals surface area contributed by atoms with E-state index in [1.54, 1.807) is 11.0 Å². The van der Waals surface area contributed by atoms with Crippen LogP contribution in [0.4, 0.5) is 0 Å². The maximum atomic E-state index is 12.3. The van der Waals surface area contributed by atoms with Crippen LogP contribution in [0, 0.1) is 5.92 Å². The quantitative estimate of drug-likeness (QED) is 0.900. The first kappa shape index (κ1) is 15.8. The Morgan fingerprint density at radius 2 is 2.10 bits per heavy atom. The fourth-order valence-corrected chi connectivity index (χ4v) is 2.84. The van der Waals surface area contributed by atoms with Gasteiger partial charge < -0.3 is 14.7 Å². The highest BCUT2D eigenvalue weighted by Crippen LogP contribution is 2.25. The number of likely N-dealkylation sites (tertiary alicyclic amines) is 1. The molecule has 0 aromatic heterocycles. The minimum atomic E-state index is -0.841. The number of hydrogen-bond donors (Lipinski definition) is 1. The Morgan fingerprint density at radius 1 is 1.38 bits per heavy atom. The Hall–Kier alpha value is -1.56. The number of ether oxygens (including phenoxy) is 1. The van der Waals surface area contributed by atoms with Crippen LogP contribution in [-0.4, -0.2) is 41.1 Å². The standard InChI is InChI=1S/C15H18BrNO4/c1-10-6-7-11(15(19)20)8-17(10)14(18)9-21-13-5-3-2-4-12(13)16/h2-5,10-11H,6-9H2,1H3,(H,19,20). The number of hydrogen-bond acceptors (Lipinski definition) is 3. The van der Waals surface area contributed by atoms with Crippen molar-refractivity contribution >= 4 is 27.8 Å². The number of rotatable bonds is 4. The average molecular weight is 356 g/mol. The number of piperidine rings is 1. The predicted octanol–water partition coefficient (Wildman–Crippen LogP) is 2.54. The lowest BCUT2D eigenvalue weighted by atomic mass is 9.93. The number of carbonyl (C=O) groups is 2. The van der Waals surface area contributed by atoms with Crippen LogP contribution in [0.3, 0.4) is 0 Å². The van der Waals surface area contributed by atoms with Gasteiger partial charge >= 0.3 is 5.97 Å². The van der Waals surface area contributed by atoms with E-state index in [1.165, 1.54) is 0 Å². The average Bonchev–Trinajstić information content (AvgIpc) is 2.46. The summed E-state index contributed by atoms with van der Waals surface area (Å²) >= 11 is 3.36. The molecule has 1 heterocycles. The van der Waals surface area contributed by atoms with E-state index in [0.29, 0.717) is 18.6 Å². The molecule has 5 nitrogen and oxygen atoms in total. The van der Waals surface area contributed by atoms with Gasteiger partial charge in [0, 0.05) is 12.6 Å². The minimum absolute atomic E-state index is 0.0518. The SMILES string of the molecule is CC1CCC(C(=O)O)CN1C(=O)COc1ccccc1Br. The van der Waals surface area contributed by atoms with Gasteiger partial charge in [-0.25, -0.2) is 0 Å². The van der Waals surface area contributed by atoms with E-state index in [9.17, 15) is 9.59 Å². The molecule has 2 atom stereocenters. The highest BCUT2D eigenvalue weighted by molar-refractivity contribution is 9.10. The number of benzene rings is 1. The van der Waals surface area contributed by atoms with Crippen LogP contribution in [0.5, 0.6) is 5.75 Å². The lowest BCUT2D eigenvalue weighted by molar-refractivity contribution is -0.147. The summed E-state index contributed by atoms with van der Waals surface area (Å²) in [6.07, 6.45) is 1.32. The number of halogens is 1. The molecule has 21 heavy (non-hydrogen) atoms. The zero-order valence-electron chi connectivity index (χ0n) is 11.8. The summed E-state index contributed by atoms with van der Waals surface area (Å²) in [6.45, 7) is 2.11. The molecule has 0 aliphatic carbocycles. The highest BCUT2D eigenvalue weighted by Gasteiger charge is 2.32. The molecule has 6 heteroatoms. The third-order valence-corrected chi connectivity index (χ3v) is 4.39. The first-order valence-electron chi connectivity index (χ1n) is 6.88. The largest absolute Gasteiger partial charge is 0.483 e. The van der Waals surface area contributed by atoms with Gasteiger partial charge in [-0.1, -0.05) is 12.1 Å². The molecule has 0 spiro atoms. The van der Waals surface area contributed by atoms with E-state index in [2.05, 4.69) is 15.9 Å². The molecule has 0 saturated carbocycles. The molecule has 2 rings (SSSR count). The van der Waals surface area contributed by atoms with E-state index in [4.69, 9.17) is 9.84 Å². The second kappa shape index (κ2) is 6.93. The van der Waals surface area contributed by atoms with Crippen LogP contribution in [0.1, 0.15) is 19.8 Å². The van der Waals surface area contributed by atoms with E-state index >= 15 is 0 Å². The van der Waals surface area contributed by atoms with Crippen molar-refractivity contribution in [1.82, 2.24) is 4.90 Å². The monoisotopic (exact) mass is 355 g/mol. The predicted molar refractivity (Wildman–Crippen MR) is 81.2 cm³/mol. The summed E-state index contributed by atoms with van der Waals surface area (Å²) in [5.74, 6) is -0.894. The van der Waals surface area contributed by atoms with Crippen LogP contribution >= 0.6 is 15.9 Å². The molecule has 1 amide bonds. The second-order valence-electron chi connectivity index (χ2n) is 5.23. The van der Waals surface area contributed by atoms with Crippen LogP contribution < -0.4 is 4.74 Å². The van der Waals surface area contributed by atoms with Gasteiger partial charge in [-0.2, -0.15) is 0 Å². The van der Waals surface area contributed by atoms with E-state index < -0.39 is 11.9 Å². The van der Waals surface area contributed by atoms with Crippen molar-refractivity contribution in [1.29, 1.82) is 0 Å². The Kier molecular flexibility index (Phi) is 5.22. The maximum Gasteiger partial charge on any atom is 0.308 e. The summed E-state index contributed by atoms with van der Waals surface area (Å²) in [5, 5.41) is 9.09. The lowest BCUT2D eigenvalue weighted by Crippen LogP contribution is -2.49. The van der Waals surface area contributed by atoms with E-state index in [1.807, 2.05) is 25.1 Å². The van der Waals surface area contributed by atoms with Gasteiger partial charge in [0.05, 0.1) is 10.4 Å². The Balaban J connectivity index is 1.95. The summed E-state index contributed by atoms with van der Waals surface area (Å²) < 4.78 is 6.30. The normalized spacial score (nSPS) is 21.9. The maximum absolute atomic E-state index is 12.3. The number of carbonyl (C=O) groups excluding carboxylic acids is 1. The minimum Gasteiger partial charge on any atom is -0.483 e. The third-order valence-electron chi connectivity index (χ3n) is 3.74. The fourth-order valence-electron chi connectivity index (χ4n) is 2.44. The number of para-hydroxylation sites is 1. The van der Waals surface area contributed by atoms with Crippen molar-refractivity contribution in [2.45, 2.75) is 25.8 Å². The van der Waals surface area contributed by atoms with Crippen molar-refractivity contribution in [2.24, 2.45) is 5.92 Å². The fraction of sp³-hybridized carbons (Fsp3) is 0.467. The first-order chi connectivity index (χ1) is 9.99. The van der Waals surface area contributed by atoms with Gasteiger partial charge in [0.2, 0.25) is 0 Å². The summed E-state index contributed by atoms with van der Waals surface area (Å²) in [4.78, 5) is 24.9. The number of amides is 1. The molecule has 2 unspecified atom stereocenters. The van der Waals surface area contributed by atoms with Crippen LogP contribution in [0.15, 0.2) is 28.7 Å².